The largest absolute Gasteiger partial charge is 0.379 e. The number of carbonyl (C=O) groups excluding carboxylic acids is 1. The average Bonchev–Trinajstić information content (AvgIpc) is 3.18. The number of hydrogen-bond donors (Lipinski definition) is 1. The van der Waals surface area contributed by atoms with Crippen LogP contribution in [0.5, 0.6) is 0 Å². The van der Waals surface area contributed by atoms with Gasteiger partial charge in [0.1, 0.15) is 0 Å². The number of rotatable bonds is 6. The lowest BCUT2D eigenvalue weighted by Crippen LogP contribution is -2.41. The number of morpholine rings is 1. The van der Waals surface area contributed by atoms with Gasteiger partial charge in [0.2, 0.25) is 10.0 Å². The first kappa shape index (κ1) is 19.6. The normalized spacial score (nSPS) is 19.6. The van der Waals surface area contributed by atoms with Crippen LogP contribution < -0.4 is 5.32 Å². The van der Waals surface area contributed by atoms with E-state index in [0.717, 1.165) is 32.5 Å². The molecule has 9 heteroatoms. The molecule has 0 unspecified atom stereocenters. The van der Waals surface area contributed by atoms with Crippen molar-refractivity contribution >= 4 is 27.5 Å². The highest BCUT2D eigenvalue weighted by Crippen LogP contribution is 2.25. The minimum absolute atomic E-state index is 0.113. The molecule has 2 aliphatic heterocycles. The fraction of sp³-hybridized carbons (Fsp3) is 0.588. The highest BCUT2D eigenvalue weighted by Gasteiger charge is 2.28. The Balaban J connectivity index is 1.65. The van der Waals surface area contributed by atoms with Crippen LogP contribution in [0.4, 0.5) is 0 Å². The second-order valence-electron chi connectivity index (χ2n) is 6.46. The van der Waals surface area contributed by atoms with Gasteiger partial charge < -0.3 is 10.1 Å². The molecule has 26 heavy (non-hydrogen) atoms. The van der Waals surface area contributed by atoms with Crippen LogP contribution >= 0.6 is 11.6 Å². The summed E-state index contributed by atoms with van der Waals surface area (Å²) in [6, 6.07) is 4.31. The zero-order chi connectivity index (χ0) is 18.6. The van der Waals surface area contributed by atoms with Crippen LogP contribution in [0.2, 0.25) is 5.02 Å². The minimum Gasteiger partial charge on any atom is -0.379 e. The van der Waals surface area contributed by atoms with Gasteiger partial charge in [-0.2, -0.15) is 4.31 Å². The van der Waals surface area contributed by atoms with Gasteiger partial charge >= 0.3 is 0 Å². The van der Waals surface area contributed by atoms with Crippen molar-refractivity contribution in [3.05, 3.63) is 28.8 Å². The highest BCUT2D eigenvalue weighted by atomic mass is 35.5. The van der Waals surface area contributed by atoms with Crippen molar-refractivity contribution in [2.24, 2.45) is 0 Å². The third-order valence-electron chi connectivity index (χ3n) is 4.70. The Kier molecular flexibility index (Phi) is 6.52. The number of nitrogens with zero attached hydrogens (tertiary/aromatic N) is 2. The van der Waals surface area contributed by atoms with E-state index >= 15 is 0 Å². The number of nitrogens with one attached hydrogen (secondary N) is 1. The SMILES string of the molecule is O=C(NCCN1CCOCC1)c1cc(S(=O)(=O)N2CCCC2)ccc1Cl. The first-order valence-electron chi connectivity index (χ1n) is 8.86. The van der Waals surface area contributed by atoms with E-state index in [9.17, 15) is 13.2 Å². The van der Waals surface area contributed by atoms with E-state index in [1.807, 2.05) is 0 Å². The molecular weight excluding hydrogens is 378 g/mol. The van der Waals surface area contributed by atoms with E-state index in [4.69, 9.17) is 16.3 Å². The van der Waals surface area contributed by atoms with Crippen molar-refractivity contribution in [3.8, 4) is 0 Å². The second-order valence-corrected chi connectivity index (χ2v) is 8.81. The Labute approximate surface area is 159 Å². The molecule has 2 aliphatic rings. The maximum atomic E-state index is 12.7. The van der Waals surface area contributed by atoms with Crippen LogP contribution in [-0.4, -0.2) is 76.0 Å². The summed E-state index contributed by atoms with van der Waals surface area (Å²) in [5.74, 6) is -0.360. The zero-order valence-corrected chi connectivity index (χ0v) is 16.2. The van der Waals surface area contributed by atoms with Gasteiger partial charge in [-0.15, -0.1) is 0 Å². The highest BCUT2D eigenvalue weighted by molar-refractivity contribution is 7.89. The van der Waals surface area contributed by atoms with Crippen molar-refractivity contribution in [3.63, 3.8) is 0 Å². The molecule has 0 aliphatic carbocycles. The summed E-state index contributed by atoms with van der Waals surface area (Å²) >= 11 is 6.13. The fourth-order valence-corrected chi connectivity index (χ4v) is 4.91. The standard InChI is InChI=1S/C17H24ClN3O4S/c18-16-4-3-14(26(23,24)21-6-1-2-7-21)13-15(16)17(22)19-5-8-20-9-11-25-12-10-20/h3-4,13H,1-2,5-12H2,(H,19,22). The smallest absolute Gasteiger partial charge is 0.252 e. The second kappa shape index (κ2) is 8.67. The number of benzene rings is 1. The number of sulfonamides is 1. The van der Waals surface area contributed by atoms with Crippen molar-refractivity contribution in [1.82, 2.24) is 14.5 Å². The van der Waals surface area contributed by atoms with E-state index < -0.39 is 10.0 Å². The number of amides is 1. The maximum absolute atomic E-state index is 12.7. The molecule has 2 fully saturated rings. The molecule has 0 saturated carbocycles. The molecule has 2 heterocycles. The molecule has 0 atom stereocenters. The van der Waals surface area contributed by atoms with Crippen LogP contribution in [0, 0.1) is 0 Å². The summed E-state index contributed by atoms with van der Waals surface area (Å²) in [6.45, 7) is 5.33. The lowest BCUT2D eigenvalue weighted by Gasteiger charge is -2.26. The molecule has 0 spiro atoms. The summed E-state index contributed by atoms with van der Waals surface area (Å²) in [5, 5.41) is 3.07. The van der Waals surface area contributed by atoms with Crippen LogP contribution in [0.25, 0.3) is 0 Å². The predicted octanol–water partition coefficient (Wildman–Crippen LogP) is 1.19. The predicted molar refractivity (Wildman–Crippen MR) is 99.0 cm³/mol. The summed E-state index contributed by atoms with van der Waals surface area (Å²) in [4.78, 5) is 14.8. The van der Waals surface area contributed by atoms with Gasteiger partial charge in [-0.25, -0.2) is 8.42 Å². The third-order valence-corrected chi connectivity index (χ3v) is 6.93. The molecule has 0 aromatic heterocycles. The Morgan fingerprint density at radius 3 is 2.54 bits per heavy atom. The van der Waals surface area contributed by atoms with Gasteiger partial charge in [-0.1, -0.05) is 11.6 Å². The summed E-state index contributed by atoms with van der Waals surface area (Å²) < 4.78 is 32.1. The molecule has 0 radical (unpaired) electrons. The molecule has 0 bridgehead atoms. The van der Waals surface area contributed by atoms with Gasteiger partial charge in [0, 0.05) is 39.3 Å². The van der Waals surface area contributed by atoms with E-state index in [2.05, 4.69) is 10.2 Å². The molecule has 144 valence electrons. The van der Waals surface area contributed by atoms with Gasteiger partial charge in [0.15, 0.2) is 0 Å². The van der Waals surface area contributed by atoms with E-state index in [-0.39, 0.29) is 21.4 Å². The van der Waals surface area contributed by atoms with Crippen molar-refractivity contribution in [2.75, 3.05) is 52.5 Å². The van der Waals surface area contributed by atoms with Crippen LogP contribution in [0.1, 0.15) is 23.2 Å². The minimum atomic E-state index is -3.58. The Morgan fingerprint density at radius 1 is 1.15 bits per heavy atom. The molecule has 7 nitrogen and oxygen atoms in total. The molecule has 1 aromatic carbocycles. The van der Waals surface area contributed by atoms with Crippen LogP contribution in [-0.2, 0) is 14.8 Å². The summed E-state index contributed by atoms with van der Waals surface area (Å²) in [7, 11) is -3.58. The number of ether oxygens (including phenoxy) is 1. The quantitative estimate of drug-likeness (QED) is 0.774. The molecule has 1 aromatic rings. The first-order valence-corrected chi connectivity index (χ1v) is 10.7. The van der Waals surface area contributed by atoms with Gasteiger partial charge in [-0.05, 0) is 31.0 Å². The number of carbonyl (C=O) groups is 1. The summed E-state index contributed by atoms with van der Waals surface area (Å²) in [6.07, 6.45) is 1.73. The Morgan fingerprint density at radius 2 is 1.85 bits per heavy atom. The van der Waals surface area contributed by atoms with E-state index in [0.29, 0.717) is 32.8 Å². The maximum Gasteiger partial charge on any atom is 0.252 e. The van der Waals surface area contributed by atoms with Crippen molar-refractivity contribution in [2.45, 2.75) is 17.7 Å². The van der Waals surface area contributed by atoms with E-state index in [1.165, 1.54) is 22.5 Å². The van der Waals surface area contributed by atoms with Crippen molar-refractivity contribution < 1.29 is 17.9 Å². The molecule has 2 saturated heterocycles. The monoisotopic (exact) mass is 401 g/mol. The fourth-order valence-electron chi connectivity index (χ4n) is 3.16. The van der Waals surface area contributed by atoms with E-state index in [1.54, 1.807) is 0 Å². The van der Waals surface area contributed by atoms with Gasteiger partial charge in [0.05, 0.1) is 28.7 Å². The molecule has 1 amide bonds. The number of hydrogen-bond acceptors (Lipinski definition) is 5. The van der Waals surface area contributed by atoms with Crippen LogP contribution in [0.15, 0.2) is 23.1 Å². The molecule has 1 N–H and O–H groups in total. The van der Waals surface area contributed by atoms with Crippen molar-refractivity contribution in [1.29, 1.82) is 0 Å². The van der Waals surface area contributed by atoms with Gasteiger partial charge in [0.25, 0.3) is 5.91 Å². The van der Waals surface area contributed by atoms with Crippen LogP contribution in [0.3, 0.4) is 0 Å². The topological polar surface area (TPSA) is 79.0 Å². The number of halogens is 1. The third kappa shape index (κ3) is 4.55. The Hall–Kier alpha value is -1.19. The summed E-state index contributed by atoms with van der Waals surface area (Å²) in [5.41, 5.74) is 0.189. The average molecular weight is 402 g/mol. The zero-order valence-electron chi connectivity index (χ0n) is 14.6. The first-order chi connectivity index (χ1) is 12.5. The Bertz CT molecular complexity index is 744. The molecular formula is C17H24ClN3O4S. The molecule has 3 rings (SSSR count). The lowest BCUT2D eigenvalue weighted by atomic mass is 10.2. The lowest BCUT2D eigenvalue weighted by molar-refractivity contribution is 0.0383. The van der Waals surface area contributed by atoms with Gasteiger partial charge in [-0.3, -0.25) is 9.69 Å².